The van der Waals surface area contributed by atoms with Crippen LogP contribution in [0.3, 0.4) is 0 Å². The van der Waals surface area contributed by atoms with Crippen molar-refractivity contribution in [2.45, 2.75) is 6.04 Å². The quantitative estimate of drug-likeness (QED) is 0.806. The number of rotatable bonds is 3. The average molecular weight is 311 g/mol. The van der Waals surface area contributed by atoms with Gasteiger partial charge in [-0.15, -0.1) is 11.3 Å². The van der Waals surface area contributed by atoms with E-state index in [9.17, 15) is 0 Å². The van der Waals surface area contributed by atoms with E-state index in [0.29, 0.717) is 5.95 Å². The van der Waals surface area contributed by atoms with E-state index >= 15 is 0 Å². The van der Waals surface area contributed by atoms with Crippen molar-refractivity contribution in [3.8, 4) is 5.75 Å². The molecule has 1 aromatic carbocycles. The molecule has 3 heterocycles. The van der Waals surface area contributed by atoms with Crippen LogP contribution in [0.25, 0.3) is 5.70 Å². The van der Waals surface area contributed by atoms with Crippen molar-refractivity contribution >= 4 is 23.0 Å². The van der Waals surface area contributed by atoms with Crippen molar-refractivity contribution in [2.24, 2.45) is 0 Å². The minimum Gasteiger partial charge on any atom is -0.497 e. The second-order valence-corrected chi connectivity index (χ2v) is 5.82. The van der Waals surface area contributed by atoms with Gasteiger partial charge in [0.25, 0.3) is 0 Å². The molecule has 0 radical (unpaired) electrons. The van der Waals surface area contributed by atoms with Gasteiger partial charge in [0.15, 0.2) is 0 Å². The number of ether oxygens (including phenoxy) is 1. The van der Waals surface area contributed by atoms with Gasteiger partial charge in [-0.3, -0.25) is 0 Å². The molecule has 0 saturated heterocycles. The monoisotopic (exact) mass is 311 g/mol. The van der Waals surface area contributed by atoms with E-state index < -0.39 is 0 Å². The summed E-state index contributed by atoms with van der Waals surface area (Å²) in [6, 6.07) is 12.0. The molecule has 0 fully saturated rings. The molecule has 0 spiro atoms. The lowest BCUT2D eigenvalue weighted by Crippen LogP contribution is -2.19. The number of allylic oxidation sites excluding steroid dienone is 1. The van der Waals surface area contributed by atoms with Gasteiger partial charge in [0.1, 0.15) is 11.8 Å². The Hall–Kier alpha value is -2.67. The summed E-state index contributed by atoms with van der Waals surface area (Å²) in [6.45, 7) is 0. The number of hydrogen-bond donors (Lipinski definition) is 1. The van der Waals surface area contributed by atoms with Gasteiger partial charge in [-0.2, -0.15) is 4.68 Å². The number of nitrogens with zero attached hydrogens (tertiary/aromatic N) is 4. The third kappa shape index (κ3) is 2.15. The largest absolute Gasteiger partial charge is 0.497 e. The topological polar surface area (TPSA) is 64.9 Å². The fourth-order valence-electron chi connectivity index (χ4n) is 2.46. The first-order valence-electron chi connectivity index (χ1n) is 6.80. The number of fused-ring (bicyclic) bond motifs is 1. The first kappa shape index (κ1) is 13.0. The standard InChI is InChI=1S/C15H13N5OS/c1-21-11-6-4-10(5-7-11)12-9-13(14-3-2-8-22-14)20-15(16-12)17-18-19-20/h2-9,13H,1H3,(H,16,17,19)/t13-/m1/s1. The lowest BCUT2D eigenvalue weighted by Gasteiger charge is -2.22. The fraction of sp³-hybridized carbons (Fsp3) is 0.133. The highest BCUT2D eigenvalue weighted by atomic mass is 32.1. The molecule has 1 N–H and O–H groups in total. The number of thiophene rings is 1. The lowest BCUT2D eigenvalue weighted by atomic mass is 10.1. The predicted molar refractivity (Wildman–Crippen MR) is 84.9 cm³/mol. The van der Waals surface area contributed by atoms with Crippen molar-refractivity contribution in [1.82, 2.24) is 20.2 Å². The first-order chi connectivity index (χ1) is 10.8. The van der Waals surface area contributed by atoms with Gasteiger partial charge in [0, 0.05) is 10.6 Å². The number of methoxy groups -OCH3 is 1. The molecule has 22 heavy (non-hydrogen) atoms. The van der Waals surface area contributed by atoms with Crippen molar-refractivity contribution in [1.29, 1.82) is 0 Å². The highest BCUT2D eigenvalue weighted by molar-refractivity contribution is 7.10. The van der Waals surface area contributed by atoms with Gasteiger partial charge in [0.05, 0.1) is 7.11 Å². The number of tetrazole rings is 1. The van der Waals surface area contributed by atoms with Crippen LogP contribution in [0.15, 0.2) is 47.9 Å². The van der Waals surface area contributed by atoms with Crippen LogP contribution in [0.2, 0.25) is 0 Å². The molecule has 3 aromatic rings. The van der Waals surface area contributed by atoms with Crippen molar-refractivity contribution in [3.05, 3.63) is 58.3 Å². The Bertz CT molecular complexity index is 807. The molecular formula is C15H13N5OS. The molecular weight excluding hydrogens is 298 g/mol. The Kier molecular flexibility index (Phi) is 3.12. The second kappa shape index (κ2) is 5.27. The average Bonchev–Trinajstić information content (AvgIpc) is 3.25. The molecule has 1 aliphatic rings. The van der Waals surface area contributed by atoms with Gasteiger partial charge >= 0.3 is 0 Å². The zero-order chi connectivity index (χ0) is 14.9. The van der Waals surface area contributed by atoms with Gasteiger partial charge < -0.3 is 10.1 Å². The zero-order valence-corrected chi connectivity index (χ0v) is 12.6. The van der Waals surface area contributed by atoms with Crippen LogP contribution in [-0.2, 0) is 0 Å². The molecule has 6 nitrogen and oxygen atoms in total. The molecule has 0 aliphatic carbocycles. The fourth-order valence-corrected chi connectivity index (χ4v) is 3.23. The third-order valence-electron chi connectivity index (χ3n) is 3.56. The maximum Gasteiger partial charge on any atom is 0.248 e. The van der Waals surface area contributed by atoms with Gasteiger partial charge in [-0.05, 0) is 57.8 Å². The van der Waals surface area contributed by atoms with Crippen LogP contribution in [0.4, 0.5) is 5.95 Å². The van der Waals surface area contributed by atoms with E-state index in [1.54, 1.807) is 23.1 Å². The minimum atomic E-state index is 0.00310. The van der Waals surface area contributed by atoms with Crippen LogP contribution in [0.1, 0.15) is 16.5 Å². The molecule has 0 saturated carbocycles. The minimum absolute atomic E-state index is 0.00310. The van der Waals surface area contributed by atoms with E-state index in [4.69, 9.17) is 4.74 Å². The maximum absolute atomic E-state index is 5.21. The Morgan fingerprint density at radius 2 is 2.09 bits per heavy atom. The molecule has 110 valence electrons. The van der Waals surface area contributed by atoms with E-state index in [1.807, 2.05) is 30.3 Å². The molecule has 0 bridgehead atoms. The predicted octanol–water partition coefficient (Wildman–Crippen LogP) is 2.80. The Morgan fingerprint density at radius 1 is 1.23 bits per heavy atom. The summed E-state index contributed by atoms with van der Waals surface area (Å²) >= 11 is 1.69. The molecule has 4 rings (SSSR count). The molecule has 7 heteroatoms. The summed E-state index contributed by atoms with van der Waals surface area (Å²) in [5, 5.41) is 17.2. The van der Waals surface area contributed by atoms with Crippen LogP contribution in [0, 0.1) is 0 Å². The van der Waals surface area contributed by atoms with Gasteiger partial charge in [-0.1, -0.05) is 11.2 Å². The smallest absolute Gasteiger partial charge is 0.248 e. The highest BCUT2D eigenvalue weighted by Gasteiger charge is 2.24. The SMILES string of the molecule is COc1ccc(C2=C[C@H](c3cccs3)n3nnnc3N2)cc1. The van der Waals surface area contributed by atoms with E-state index in [-0.39, 0.29) is 6.04 Å². The Balaban J connectivity index is 1.76. The maximum atomic E-state index is 5.21. The lowest BCUT2D eigenvalue weighted by molar-refractivity contribution is 0.415. The van der Waals surface area contributed by atoms with Crippen molar-refractivity contribution < 1.29 is 4.74 Å². The summed E-state index contributed by atoms with van der Waals surface area (Å²) in [5.41, 5.74) is 2.06. The number of aromatic nitrogens is 4. The first-order valence-corrected chi connectivity index (χ1v) is 7.67. The van der Waals surface area contributed by atoms with Crippen LogP contribution in [0.5, 0.6) is 5.75 Å². The van der Waals surface area contributed by atoms with E-state index in [2.05, 4.69) is 38.4 Å². The van der Waals surface area contributed by atoms with Crippen molar-refractivity contribution in [2.75, 3.05) is 12.4 Å². The number of hydrogen-bond acceptors (Lipinski definition) is 6. The van der Waals surface area contributed by atoms with Crippen LogP contribution in [-0.4, -0.2) is 27.3 Å². The zero-order valence-electron chi connectivity index (χ0n) is 11.8. The van der Waals surface area contributed by atoms with Gasteiger partial charge in [-0.25, -0.2) is 0 Å². The number of nitrogens with one attached hydrogen (secondary N) is 1. The Morgan fingerprint density at radius 3 is 2.82 bits per heavy atom. The van der Waals surface area contributed by atoms with Crippen molar-refractivity contribution in [3.63, 3.8) is 0 Å². The van der Waals surface area contributed by atoms with E-state index in [1.165, 1.54) is 4.88 Å². The molecule has 2 aromatic heterocycles. The van der Waals surface area contributed by atoms with Crippen LogP contribution >= 0.6 is 11.3 Å². The number of benzene rings is 1. The third-order valence-corrected chi connectivity index (χ3v) is 4.51. The second-order valence-electron chi connectivity index (χ2n) is 4.84. The van der Waals surface area contributed by atoms with E-state index in [0.717, 1.165) is 17.0 Å². The Labute approximate surface area is 131 Å². The summed E-state index contributed by atoms with van der Waals surface area (Å²) in [7, 11) is 1.66. The van der Waals surface area contributed by atoms with Gasteiger partial charge in [0.2, 0.25) is 5.95 Å². The molecule has 0 amide bonds. The number of anilines is 1. The normalized spacial score (nSPS) is 16.6. The molecule has 1 aliphatic heterocycles. The molecule has 0 unspecified atom stereocenters. The molecule has 1 atom stereocenters. The summed E-state index contributed by atoms with van der Waals surface area (Å²) in [4.78, 5) is 1.20. The van der Waals surface area contributed by atoms with Crippen LogP contribution < -0.4 is 10.1 Å². The summed E-state index contributed by atoms with van der Waals surface area (Å²) in [6.07, 6.45) is 2.14. The summed E-state index contributed by atoms with van der Waals surface area (Å²) < 4.78 is 7.00. The summed E-state index contributed by atoms with van der Waals surface area (Å²) in [5.74, 6) is 1.48. The highest BCUT2D eigenvalue weighted by Crippen LogP contribution is 2.33.